The Balaban J connectivity index is 1.75. The molecule has 23 heavy (non-hydrogen) atoms. The molecule has 1 fully saturated rings. The molecule has 0 N–H and O–H groups in total. The van der Waals surface area contributed by atoms with Gasteiger partial charge >= 0.3 is 0 Å². The van der Waals surface area contributed by atoms with Crippen LogP contribution in [0.5, 0.6) is 0 Å². The summed E-state index contributed by atoms with van der Waals surface area (Å²) >= 11 is 6.06. The number of sulfonamides is 1. The summed E-state index contributed by atoms with van der Waals surface area (Å²) in [7, 11) is -3.53. The van der Waals surface area contributed by atoms with Crippen molar-refractivity contribution in [1.82, 2.24) is 13.9 Å². The van der Waals surface area contributed by atoms with Gasteiger partial charge in [-0.3, -0.25) is 0 Å². The summed E-state index contributed by atoms with van der Waals surface area (Å²) in [6.07, 6.45) is 5.34. The lowest BCUT2D eigenvalue weighted by molar-refractivity contribution is 0.309. The summed E-state index contributed by atoms with van der Waals surface area (Å²) in [4.78, 5) is 4.63. The maximum absolute atomic E-state index is 12.7. The molecule has 0 atom stereocenters. The molecule has 1 aliphatic rings. The standard InChI is InChI=1S/C16H20ClN3O2S/c1-2-19-12-9-18-16(19)13-7-10-20(11-8-13)23(21,22)15-6-4-3-5-14(15)17/h3-6,9,12-13H,2,7-8,10-11H2,1H3. The van der Waals surface area contributed by atoms with Gasteiger partial charge in [0.15, 0.2) is 0 Å². The van der Waals surface area contributed by atoms with Gasteiger partial charge in [-0.25, -0.2) is 13.4 Å². The first-order valence-corrected chi connectivity index (χ1v) is 9.61. The van der Waals surface area contributed by atoms with Gasteiger partial charge in [0.25, 0.3) is 0 Å². The molecule has 1 aromatic carbocycles. The van der Waals surface area contributed by atoms with Crippen LogP contribution >= 0.6 is 11.6 Å². The molecule has 0 radical (unpaired) electrons. The number of rotatable bonds is 4. The SMILES string of the molecule is CCn1ccnc1C1CCN(S(=O)(=O)c2ccccc2Cl)CC1. The van der Waals surface area contributed by atoms with E-state index < -0.39 is 10.0 Å². The van der Waals surface area contributed by atoms with E-state index in [0.29, 0.717) is 19.0 Å². The van der Waals surface area contributed by atoms with Crippen molar-refractivity contribution in [3.05, 3.63) is 47.5 Å². The van der Waals surface area contributed by atoms with E-state index in [0.717, 1.165) is 25.2 Å². The molecule has 1 aromatic heterocycles. The van der Waals surface area contributed by atoms with Crippen molar-refractivity contribution >= 4 is 21.6 Å². The van der Waals surface area contributed by atoms with Crippen molar-refractivity contribution in [1.29, 1.82) is 0 Å². The highest BCUT2D eigenvalue weighted by Gasteiger charge is 2.32. The van der Waals surface area contributed by atoms with E-state index in [2.05, 4.69) is 16.5 Å². The van der Waals surface area contributed by atoms with Crippen molar-refractivity contribution < 1.29 is 8.42 Å². The smallest absolute Gasteiger partial charge is 0.244 e. The number of nitrogens with zero attached hydrogens (tertiary/aromatic N) is 3. The van der Waals surface area contributed by atoms with Crippen molar-refractivity contribution in [3.8, 4) is 0 Å². The zero-order chi connectivity index (χ0) is 16.4. The van der Waals surface area contributed by atoms with Gasteiger partial charge in [-0.05, 0) is 31.9 Å². The predicted molar refractivity (Wildman–Crippen MR) is 90.1 cm³/mol. The van der Waals surface area contributed by atoms with Crippen LogP contribution in [-0.2, 0) is 16.6 Å². The number of benzene rings is 1. The van der Waals surface area contributed by atoms with Crippen LogP contribution in [0.15, 0.2) is 41.6 Å². The lowest BCUT2D eigenvalue weighted by atomic mass is 9.97. The lowest BCUT2D eigenvalue weighted by Gasteiger charge is -2.31. The van der Waals surface area contributed by atoms with Crippen LogP contribution in [-0.4, -0.2) is 35.4 Å². The van der Waals surface area contributed by atoms with Crippen LogP contribution < -0.4 is 0 Å². The molecule has 0 aliphatic carbocycles. The van der Waals surface area contributed by atoms with E-state index in [4.69, 9.17) is 11.6 Å². The fraction of sp³-hybridized carbons (Fsp3) is 0.438. The van der Waals surface area contributed by atoms with Gasteiger partial charge in [-0.1, -0.05) is 23.7 Å². The van der Waals surface area contributed by atoms with Crippen LogP contribution in [0.25, 0.3) is 0 Å². The molecule has 0 bridgehead atoms. The Morgan fingerprint density at radius 1 is 1.26 bits per heavy atom. The Morgan fingerprint density at radius 2 is 1.96 bits per heavy atom. The van der Waals surface area contributed by atoms with E-state index in [-0.39, 0.29) is 9.92 Å². The Morgan fingerprint density at radius 3 is 2.61 bits per heavy atom. The zero-order valence-electron chi connectivity index (χ0n) is 13.0. The number of halogens is 1. The van der Waals surface area contributed by atoms with Gasteiger partial charge in [-0.15, -0.1) is 0 Å². The molecule has 2 aromatic rings. The van der Waals surface area contributed by atoms with Crippen molar-refractivity contribution in [2.45, 2.75) is 37.1 Å². The highest BCUT2D eigenvalue weighted by atomic mass is 35.5. The number of hydrogen-bond acceptors (Lipinski definition) is 3. The molecular formula is C16H20ClN3O2S. The average molecular weight is 354 g/mol. The largest absolute Gasteiger partial charge is 0.335 e. The third-order valence-electron chi connectivity index (χ3n) is 4.36. The summed E-state index contributed by atoms with van der Waals surface area (Å²) < 4.78 is 29.1. The third-order valence-corrected chi connectivity index (χ3v) is 6.76. The molecule has 2 heterocycles. The van der Waals surface area contributed by atoms with Crippen LogP contribution in [0.2, 0.25) is 5.02 Å². The van der Waals surface area contributed by atoms with Gasteiger partial charge < -0.3 is 4.57 Å². The predicted octanol–water partition coefficient (Wildman–Crippen LogP) is 3.12. The van der Waals surface area contributed by atoms with Crippen molar-refractivity contribution in [3.63, 3.8) is 0 Å². The van der Waals surface area contributed by atoms with Crippen molar-refractivity contribution in [2.75, 3.05) is 13.1 Å². The fourth-order valence-corrected chi connectivity index (χ4v) is 5.06. The van der Waals surface area contributed by atoms with E-state index >= 15 is 0 Å². The molecular weight excluding hydrogens is 334 g/mol. The molecule has 7 heteroatoms. The quantitative estimate of drug-likeness (QED) is 0.848. The third kappa shape index (κ3) is 3.16. The lowest BCUT2D eigenvalue weighted by Crippen LogP contribution is -2.38. The monoisotopic (exact) mass is 353 g/mol. The Labute approximate surface area is 141 Å². The maximum atomic E-state index is 12.7. The molecule has 5 nitrogen and oxygen atoms in total. The molecule has 0 unspecified atom stereocenters. The first kappa shape index (κ1) is 16.5. The summed E-state index contributed by atoms with van der Waals surface area (Å²) in [5.41, 5.74) is 0. The maximum Gasteiger partial charge on any atom is 0.244 e. The number of imidazole rings is 1. The summed E-state index contributed by atoms with van der Waals surface area (Å²) in [6, 6.07) is 6.61. The fourth-order valence-electron chi connectivity index (χ4n) is 3.10. The van der Waals surface area contributed by atoms with Gasteiger partial charge in [0.1, 0.15) is 10.7 Å². The first-order valence-electron chi connectivity index (χ1n) is 7.79. The van der Waals surface area contributed by atoms with Crippen LogP contribution in [0.1, 0.15) is 31.5 Å². The molecule has 1 aliphatic heterocycles. The van der Waals surface area contributed by atoms with Gasteiger partial charge in [0, 0.05) is 37.9 Å². The van der Waals surface area contributed by atoms with Gasteiger partial charge in [0.05, 0.1) is 5.02 Å². The molecule has 1 saturated heterocycles. The summed E-state index contributed by atoms with van der Waals surface area (Å²) in [5.74, 6) is 1.37. The Kier molecular flexibility index (Phi) is 4.75. The van der Waals surface area contributed by atoms with Gasteiger partial charge in [-0.2, -0.15) is 4.31 Å². The topological polar surface area (TPSA) is 55.2 Å². The second-order valence-electron chi connectivity index (χ2n) is 5.68. The van der Waals surface area contributed by atoms with E-state index in [1.807, 2.05) is 12.4 Å². The summed E-state index contributed by atoms with van der Waals surface area (Å²) in [6.45, 7) is 3.96. The van der Waals surface area contributed by atoms with Crippen molar-refractivity contribution in [2.24, 2.45) is 0 Å². The Bertz CT molecular complexity index is 780. The van der Waals surface area contributed by atoms with Crippen LogP contribution in [0.3, 0.4) is 0 Å². The van der Waals surface area contributed by atoms with E-state index in [1.165, 1.54) is 4.31 Å². The van der Waals surface area contributed by atoms with Crippen LogP contribution in [0.4, 0.5) is 0 Å². The minimum absolute atomic E-state index is 0.190. The van der Waals surface area contributed by atoms with E-state index in [1.54, 1.807) is 24.3 Å². The molecule has 3 rings (SSSR count). The average Bonchev–Trinajstić information content (AvgIpc) is 3.04. The highest BCUT2D eigenvalue weighted by Crippen LogP contribution is 2.31. The minimum atomic E-state index is -3.53. The second-order valence-corrected chi connectivity index (χ2v) is 7.99. The zero-order valence-corrected chi connectivity index (χ0v) is 14.6. The first-order chi connectivity index (χ1) is 11.0. The normalized spacial score (nSPS) is 17.5. The highest BCUT2D eigenvalue weighted by molar-refractivity contribution is 7.89. The Hall–Kier alpha value is -1.37. The molecule has 0 amide bonds. The second kappa shape index (κ2) is 6.63. The molecule has 0 saturated carbocycles. The van der Waals surface area contributed by atoms with E-state index in [9.17, 15) is 8.42 Å². The number of piperidine rings is 1. The summed E-state index contributed by atoms with van der Waals surface area (Å²) in [5, 5.41) is 0.274. The van der Waals surface area contributed by atoms with Crippen LogP contribution in [0, 0.1) is 0 Å². The number of aryl methyl sites for hydroxylation is 1. The number of aromatic nitrogens is 2. The molecule has 124 valence electrons. The minimum Gasteiger partial charge on any atom is -0.335 e. The molecule has 0 spiro atoms. The van der Waals surface area contributed by atoms with Gasteiger partial charge in [0.2, 0.25) is 10.0 Å². The number of hydrogen-bond donors (Lipinski definition) is 0.